The normalized spacial score (nSPS) is 18.7. The molecule has 0 aromatic heterocycles. The summed E-state index contributed by atoms with van der Waals surface area (Å²) in [5, 5.41) is 3.24. The number of hydrogen-bond acceptors (Lipinski definition) is 6. The van der Waals surface area contributed by atoms with Crippen LogP contribution in [0.1, 0.15) is 36.7 Å². The zero-order valence-corrected chi connectivity index (χ0v) is 18.4. The molecule has 160 valence electrons. The van der Waals surface area contributed by atoms with Gasteiger partial charge in [-0.3, -0.25) is 4.79 Å². The number of nitrogens with zero attached hydrogens (tertiary/aromatic N) is 3. The van der Waals surface area contributed by atoms with Crippen molar-refractivity contribution in [1.29, 1.82) is 0 Å². The quantitative estimate of drug-likeness (QED) is 0.783. The van der Waals surface area contributed by atoms with E-state index in [0.29, 0.717) is 24.4 Å². The van der Waals surface area contributed by atoms with Gasteiger partial charge in [0, 0.05) is 63.3 Å². The number of hydrogen-bond donors (Lipinski definition) is 1. The van der Waals surface area contributed by atoms with E-state index in [2.05, 4.69) is 22.2 Å². The lowest BCUT2D eigenvalue weighted by molar-refractivity contribution is 0.0857. The van der Waals surface area contributed by atoms with Crippen LogP contribution in [-0.4, -0.2) is 81.1 Å². The fraction of sp³-hybridized carbons (Fsp3) is 0.636. The highest BCUT2D eigenvalue weighted by Gasteiger charge is 2.32. The Bertz CT molecular complexity index is 758. The van der Waals surface area contributed by atoms with Gasteiger partial charge in [0.15, 0.2) is 11.5 Å². The van der Waals surface area contributed by atoms with E-state index < -0.39 is 5.41 Å². The summed E-state index contributed by atoms with van der Waals surface area (Å²) in [6, 6.07) is 3.72. The predicted molar refractivity (Wildman–Crippen MR) is 115 cm³/mol. The maximum atomic E-state index is 13.4. The van der Waals surface area contributed by atoms with Crippen LogP contribution >= 0.6 is 0 Å². The molecule has 2 aliphatic heterocycles. The summed E-state index contributed by atoms with van der Waals surface area (Å²) >= 11 is 0. The molecule has 0 atom stereocenters. The summed E-state index contributed by atoms with van der Waals surface area (Å²) in [6.45, 7) is 13.9. The number of anilines is 1. The number of likely N-dealkylation sites (N-methyl/N-ethyl adjacent to an activating group) is 1. The molecule has 7 heteroatoms. The number of carbonyl (C=O) groups excluding carboxylic acids is 2. The van der Waals surface area contributed by atoms with Crippen molar-refractivity contribution in [1.82, 2.24) is 15.1 Å². The fourth-order valence-electron chi connectivity index (χ4n) is 3.77. The van der Waals surface area contributed by atoms with E-state index in [4.69, 9.17) is 4.74 Å². The minimum absolute atomic E-state index is 0.0731. The largest absolute Gasteiger partial charge is 0.415 e. The molecule has 0 spiro atoms. The van der Waals surface area contributed by atoms with Crippen LogP contribution in [0.5, 0.6) is 5.75 Å². The Kier molecular flexibility index (Phi) is 6.49. The summed E-state index contributed by atoms with van der Waals surface area (Å²) in [5.74, 6) is 0.556. The molecule has 1 N–H and O–H groups in total. The number of aryl methyl sites for hydroxylation is 1. The van der Waals surface area contributed by atoms with Gasteiger partial charge in [-0.05, 0) is 25.6 Å². The number of nitrogens with one attached hydrogen (secondary N) is 1. The summed E-state index contributed by atoms with van der Waals surface area (Å²) in [5.41, 5.74) is 1.84. The van der Waals surface area contributed by atoms with Crippen molar-refractivity contribution in [3.8, 4) is 5.75 Å². The van der Waals surface area contributed by atoms with E-state index in [1.54, 1.807) is 4.90 Å². The van der Waals surface area contributed by atoms with Crippen LogP contribution in [0.15, 0.2) is 12.1 Å². The molecule has 7 nitrogen and oxygen atoms in total. The number of ether oxygens (including phenoxy) is 1. The summed E-state index contributed by atoms with van der Waals surface area (Å²) < 4.78 is 5.88. The molecule has 2 heterocycles. The first-order valence-electron chi connectivity index (χ1n) is 10.5. The third-order valence-electron chi connectivity index (χ3n) is 5.65. The first-order chi connectivity index (χ1) is 13.7. The van der Waals surface area contributed by atoms with E-state index in [-0.39, 0.29) is 11.9 Å². The van der Waals surface area contributed by atoms with Crippen molar-refractivity contribution >= 4 is 17.6 Å². The number of Topliss-reactive ketones (excluding diaryl/α,β-unsaturated/α-hetero) is 1. The number of ketones is 1. The van der Waals surface area contributed by atoms with Crippen molar-refractivity contribution in [2.45, 2.75) is 27.7 Å². The van der Waals surface area contributed by atoms with Gasteiger partial charge >= 0.3 is 6.09 Å². The third kappa shape index (κ3) is 4.90. The molecule has 0 unspecified atom stereocenters. The van der Waals surface area contributed by atoms with Crippen LogP contribution < -0.4 is 15.0 Å². The molecule has 0 saturated carbocycles. The average Bonchev–Trinajstić information content (AvgIpc) is 2.69. The minimum atomic E-state index is -0.521. The lowest BCUT2D eigenvalue weighted by atomic mass is 9.83. The predicted octanol–water partition coefficient (Wildman–Crippen LogP) is 2.38. The summed E-state index contributed by atoms with van der Waals surface area (Å²) in [4.78, 5) is 32.3. The SMILES string of the molecule is Cc1ccc(OC(=O)N2CCNCC2)c(N2CCN(C)CC2)c1C(=O)C(C)(C)C. The second-order valence-electron chi connectivity index (χ2n) is 9.08. The van der Waals surface area contributed by atoms with Gasteiger partial charge in [0.1, 0.15) is 0 Å². The molecule has 3 rings (SSSR count). The van der Waals surface area contributed by atoms with Crippen LogP contribution in [0.4, 0.5) is 10.5 Å². The number of amides is 1. The number of piperazine rings is 2. The van der Waals surface area contributed by atoms with Gasteiger partial charge in [-0.2, -0.15) is 0 Å². The van der Waals surface area contributed by atoms with Gasteiger partial charge in [-0.25, -0.2) is 4.79 Å². The highest BCUT2D eigenvalue weighted by atomic mass is 16.6. The molecule has 0 aliphatic carbocycles. The lowest BCUT2D eigenvalue weighted by Crippen LogP contribution is -2.48. The van der Waals surface area contributed by atoms with Gasteiger partial charge in [0.05, 0.1) is 5.69 Å². The monoisotopic (exact) mass is 402 g/mol. The molecule has 2 fully saturated rings. The third-order valence-corrected chi connectivity index (χ3v) is 5.65. The molecule has 2 aliphatic rings. The second-order valence-corrected chi connectivity index (χ2v) is 9.08. The highest BCUT2D eigenvalue weighted by Crippen LogP contribution is 2.39. The molecule has 0 bridgehead atoms. The van der Waals surface area contributed by atoms with E-state index >= 15 is 0 Å². The molecule has 1 aromatic carbocycles. The zero-order valence-electron chi connectivity index (χ0n) is 18.4. The van der Waals surface area contributed by atoms with Crippen molar-refractivity contribution in [2.75, 3.05) is 64.3 Å². The van der Waals surface area contributed by atoms with Crippen LogP contribution in [0.2, 0.25) is 0 Å². The van der Waals surface area contributed by atoms with Crippen LogP contribution in [-0.2, 0) is 0 Å². The Labute approximate surface area is 174 Å². The van der Waals surface area contributed by atoms with Crippen molar-refractivity contribution in [2.24, 2.45) is 5.41 Å². The summed E-state index contributed by atoms with van der Waals surface area (Å²) in [6.07, 6.45) is -0.347. The smallest absolute Gasteiger partial charge is 0.408 e. The van der Waals surface area contributed by atoms with Crippen LogP contribution in [0.25, 0.3) is 0 Å². The summed E-state index contributed by atoms with van der Waals surface area (Å²) in [7, 11) is 2.10. The number of rotatable bonds is 3. The van der Waals surface area contributed by atoms with Crippen molar-refractivity contribution < 1.29 is 14.3 Å². The Hall–Kier alpha value is -2.12. The molecular formula is C22H34N4O3. The number of benzene rings is 1. The van der Waals surface area contributed by atoms with E-state index in [1.165, 1.54) is 0 Å². The molecule has 2 saturated heterocycles. The molecule has 1 aromatic rings. The lowest BCUT2D eigenvalue weighted by Gasteiger charge is -2.37. The minimum Gasteiger partial charge on any atom is -0.408 e. The zero-order chi connectivity index (χ0) is 21.2. The first-order valence-corrected chi connectivity index (χ1v) is 10.5. The fourth-order valence-corrected chi connectivity index (χ4v) is 3.77. The molecule has 1 amide bonds. The molecule has 0 radical (unpaired) electrons. The Morgan fingerprint density at radius 2 is 1.62 bits per heavy atom. The first kappa shape index (κ1) is 21.6. The van der Waals surface area contributed by atoms with E-state index in [1.807, 2.05) is 39.8 Å². The average molecular weight is 403 g/mol. The van der Waals surface area contributed by atoms with Crippen LogP contribution in [0.3, 0.4) is 0 Å². The van der Waals surface area contributed by atoms with Gasteiger partial charge in [0.2, 0.25) is 0 Å². The van der Waals surface area contributed by atoms with E-state index in [9.17, 15) is 9.59 Å². The Morgan fingerprint density at radius 3 is 2.21 bits per heavy atom. The molecular weight excluding hydrogens is 368 g/mol. The van der Waals surface area contributed by atoms with Crippen molar-refractivity contribution in [3.05, 3.63) is 23.3 Å². The topological polar surface area (TPSA) is 65.1 Å². The van der Waals surface area contributed by atoms with Gasteiger partial charge in [0.25, 0.3) is 0 Å². The second kappa shape index (κ2) is 8.71. The Balaban J connectivity index is 2.00. The standard InChI is InChI=1S/C22H34N4O3/c1-16-6-7-17(29-21(28)26-10-8-23-9-11-26)19(18(16)20(27)22(2,3)4)25-14-12-24(5)13-15-25/h6-7,23H,8-15H2,1-5H3. The maximum Gasteiger partial charge on any atom is 0.415 e. The van der Waals surface area contributed by atoms with Gasteiger partial charge in [-0.1, -0.05) is 26.8 Å². The van der Waals surface area contributed by atoms with E-state index in [0.717, 1.165) is 50.5 Å². The molecule has 29 heavy (non-hydrogen) atoms. The van der Waals surface area contributed by atoms with Crippen molar-refractivity contribution in [3.63, 3.8) is 0 Å². The highest BCUT2D eigenvalue weighted by molar-refractivity contribution is 6.07. The Morgan fingerprint density at radius 1 is 1.00 bits per heavy atom. The van der Waals surface area contributed by atoms with Gasteiger partial charge < -0.3 is 24.8 Å². The maximum absolute atomic E-state index is 13.4. The van der Waals surface area contributed by atoms with Gasteiger partial charge in [-0.15, -0.1) is 0 Å². The van der Waals surface area contributed by atoms with Crippen LogP contribution in [0, 0.1) is 12.3 Å². The number of carbonyl (C=O) groups is 2.